The number of nitrogens with zero attached hydrogens (tertiary/aromatic N) is 3. The van der Waals surface area contributed by atoms with E-state index in [-0.39, 0.29) is 18.1 Å². The number of aliphatic hydroxyl groups excluding tert-OH is 1. The van der Waals surface area contributed by atoms with E-state index in [4.69, 9.17) is 5.11 Å². The minimum Gasteiger partial charge on any atom is -0.545 e. The minimum atomic E-state index is -1.55. The molecular weight excluding hydrogens is 606 g/mol. The third-order valence-corrected chi connectivity index (χ3v) is 7.63. The highest BCUT2D eigenvalue weighted by Gasteiger charge is 2.25. The van der Waals surface area contributed by atoms with Crippen LogP contribution in [0, 0.1) is 0 Å². The van der Waals surface area contributed by atoms with Gasteiger partial charge in [0.05, 0.1) is 41.9 Å². The number of para-hydroxylation sites is 1. The van der Waals surface area contributed by atoms with Crippen molar-refractivity contribution < 1.29 is 55.2 Å². The van der Waals surface area contributed by atoms with Crippen LogP contribution in [0.2, 0.25) is 0 Å². The van der Waals surface area contributed by atoms with Gasteiger partial charge in [0.15, 0.2) is 5.78 Å². The van der Waals surface area contributed by atoms with Crippen LogP contribution in [0.15, 0.2) is 76.6 Å². The number of fused-ring (bicyclic) bond motifs is 2. The van der Waals surface area contributed by atoms with Gasteiger partial charge in [-0.1, -0.05) is 36.9 Å². The second-order valence-corrected chi connectivity index (χ2v) is 10.6. The molecule has 2 aromatic carbocycles. The molecule has 2 aromatic rings. The molecular formula is C31H37N3O10S. The highest BCUT2D eigenvalue weighted by atomic mass is 32.2. The summed E-state index contributed by atoms with van der Waals surface area (Å²) in [6.07, 6.45) is 2.07. The number of ketones is 1. The van der Waals surface area contributed by atoms with Crippen LogP contribution in [0.4, 0.5) is 11.4 Å². The van der Waals surface area contributed by atoms with Crippen LogP contribution in [-0.4, -0.2) is 97.0 Å². The Bertz CT molecular complexity index is 1360. The normalized spacial score (nSPS) is 14.4. The van der Waals surface area contributed by atoms with Crippen molar-refractivity contribution in [2.24, 2.45) is 0 Å². The summed E-state index contributed by atoms with van der Waals surface area (Å²) in [6, 6.07) is 14.7. The van der Waals surface area contributed by atoms with Gasteiger partial charge < -0.3 is 49.6 Å². The van der Waals surface area contributed by atoms with Gasteiger partial charge in [0.1, 0.15) is 0 Å². The van der Waals surface area contributed by atoms with Gasteiger partial charge in [0.25, 0.3) is 0 Å². The fraction of sp³-hybridized carbons (Fsp3) is 0.323. The number of piperazine rings is 1. The predicted octanol–water partition coefficient (Wildman–Crippen LogP) is -1.97. The molecule has 13 nitrogen and oxygen atoms in total. The largest absolute Gasteiger partial charge is 1.00 e. The molecule has 45 heavy (non-hydrogen) atoms. The third-order valence-electron chi connectivity index (χ3n) is 6.50. The molecule has 242 valence electrons. The lowest BCUT2D eigenvalue weighted by molar-refractivity contribution is -0.301. The Morgan fingerprint density at radius 2 is 1.22 bits per heavy atom. The number of β-amino-alcohol motifs (C(OH)–C–C–N with tert-alkyl or cyclic N) is 1. The zero-order chi connectivity index (χ0) is 33.4. The number of carbonyl (C=O) groups excluding carboxylic acids is 5. The third kappa shape index (κ3) is 12.9. The van der Waals surface area contributed by atoms with Crippen LogP contribution < -0.4 is 25.3 Å². The van der Waals surface area contributed by atoms with Crippen molar-refractivity contribution in [1.82, 2.24) is 9.80 Å². The number of carboxylic acids is 4. The molecule has 0 radical (unpaired) electrons. The maximum Gasteiger partial charge on any atom is 1.00 e. The summed E-state index contributed by atoms with van der Waals surface area (Å²) in [6.45, 7) is 8.89. The molecule has 2 heterocycles. The molecule has 0 aliphatic carbocycles. The Labute approximate surface area is 270 Å². The van der Waals surface area contributed by atoms with Gasteiger partial charge in [-0.2, -0.15) is 0 Å². The molecule has 0 amide bonds. The van der Waals surface area contributed by atoms with E-state index >= 15 is 0 Å². The van der Waals surface area contributed by atoms with E-state index in [9.17, 15) is 44.4 Å². The lowest BCUT2D eigenvalue weighted by Crippen LogP contribution is -2.48. The van der Waals surface area contributed by atoms with Crippen LogP contribution in [0.5, 0.6) is 0 Å². The smallest absolute Gasteiger partial charge is 0.545 e. The Morgan fingerprint density at radius 1 is 0.733 bits per heavy atom. The van der Waals surface area contributed by atoms with Gasteiger partial charge in [0, 0.05) is 67.6 Å². The first-order chi connectivity index (χ1) is 21.4. The number of hydrogen-bond acceptors (Lipinski definition) is 14. The first kappa shape index (κ1) is 36.7. The van der Waals surface area contributed by atoms with Crippen molar-refractivity contribution >= 4 is 52.8 Å². The Kier molecular flexibility index (Phi) is 15.5. The summed E-state index contributed by atoms with van der Waals surface area (Å²) in [4.78, 5) is 59.6. The van der Waals surface area contributed by atoms with Crippen LogP contribution in [0.25, 0.3) is 0 Å². The number of rotatable bonds is 11. The fourth-order valence-electron chi connectivity index (χ4n) is 4.34. The molecule has 0 bridgehead atoms. The molecule has 1 N–H and O–H groups in total. The molecule has 0 aromatic heterocycles. The molecule has 2 aliphatic heterocycles. The van der Waals surface area contributed by atoms with Crippen molar-refractivity contribution in [1.29, 1.82) is 0 Å². The molecule has 1 saturated heterocycles. The maximum absolute atomic E-state index is 12.3. The van der Waals surface area contributed by atoms with Gasteiger partial charge in [-0.15, -0.1) is 0 Å². The molecule has 4 rings (SSSR count). The summed E-state index contributed by atoms with van der Waals surface area (Å²) < 4.78 is 0. The Hall–Kier alpha value is -4.50. The first-order valence-corrected chi connectivity index (χ1v) is 14.7. The van der Waals surface area contributed by atoms with Gasteiger partial charge in [-0.25, -0.2) is 0 Å². The van der Waals surface area contributed by atoms with Crippen LogP contribution in [-0.2, 0) is 19.2 Å². The number of carboxylic acid groups (broad SMARTS) is 4. The molecule has 2 aliphatic rings. The highest BCUT2D eigenvalue weighted by Crippen LogP contribution is 2.48. The van der Waals surface area contributed by atoms with Crippen LogP contribution in [0.3, 0.4) is 0 Å². The van der Waals surface area contributed by atoms with E-state index in [0.29, 0.717) is 30.7 Å². The molecule has 14 heteroatoms. The van der Waals surface area contributed by atoms with Crippen molar-refractivity contribution in [3.8, 4) is 0 Å². The molecule has 0 spiro atoms. The summed E-state index contributed by atoms with van der Waals surface area (Å²) in [7, 11) is 0. The predicted molar refractivity (Wildman–Crippen MR) is 161 cm³/mol. The van der Waals surface area contributed by atoms with E-state index in [1.165, 1.54) is 15.5 Å². The molecule has 1 fully saturated rings. The summed E-state index contributed by atoms with van der Waals surface area (Å²) >= 11 is 1.78. The monoisotopic (exact) mass is 643 g/mol. The Morgan fingerprint density at radius 3 is 1.71 bits per heavy atom. The molecule has 0 unspecified atom stereocenters. The summed E-state index contributed by atoms with van der Waals surface area (Å²) in [5.41, 5.74) is 3.17. The van der Waals surface area contributed by atoms with E-state index < -0.39 is 23.9 Å². The van der Waals surface area contributed by atoms with Crippen LogP contribution in [0.1, 0.15) is 29.4 Å². The van der Waals surface area contributed by atoms with Gasteiger partial charge in [-0.3, -0.25) is 14.6 Å². The number of hydrogen-bond donors (Lipinski definition) is 1. The number of Topliss-reactive ketones (excluding diaryl/α,β-unsaturated/α-hetero) is 1. The van der Waals surface area contributed by atoms with E-state index in [1.54, 1.807) is 11.8 Å². The number of benzene rings is 2. The topological polar surface area (TPSA) is 208 Å². The van der Waals surface area contributed by atoms with E-state index in [2.05, 4.69) is 51.1 Å². The molecule has 0 atom stereocenters. The number of aliphatic carboxylic acids is 4. The standard InChI is InChI=1S/C23H29N3O2S.2C4H4O4/c1-2-21(28)18-7-8-23-20(17-18)26(19-5-3-4-6-22(19)29-23)14-13-24-9-11-25(12-10-24)15-16-27;2*5-3(6)1-2-4(7)8/h3-8,17,27H,2,9-16H2,1H3;2*1-2H,(H,5,6)(H,7,8)/b;2*2-1-. The quantitative estimate of drug-likeness (QED) is 0.208. The van der Waals surface area contributed by atoms with Crippen molar-refractivity contribution in [2.45, 2.75) is 23.1 Å². The second kappa shape index (κ2) is 19.0. The van der Waals surface area contributed by atoms with Gasteiger partial charge >= 0.3 is 5.71 Å². The van der Waals surface area contributed by atoms with E-state index in [1.807, 2.05) is 13.0 Å². The van der Waals surface area contributed by atoms with Crippen molar-refractivity contribution in [2.75, 3.05) is 57.3 Å². The van der Waals surface area contributed by atoms with Crippen molar-refractivity contribution in [3.63, 3.8) is 0 Å². The van der Waals surface area contributed by atoms with Gasteiger partial charge in [0.2, 0.25) is 0 Å². The average Bonchev–Trinajstić information content (AvgIpc) is 3.02. The average molecular weight is 644 g/mol. The SMILES string of the molecule is CCC(=O)c1ccc2c(c1)N(CCN1CCN(CCO)CC1)c1ccccc1S2.O=C([O-])/C=C\C(=O)[O-].O=C([O-])/C=C\C(=O)[O-].[H+].[H+].[H+].[H+]. The number of anilines is 2. The minimum absolute atomic E-state index is 0. The Balaban J connectivity index is -0.000000893. The second-order valence-electron chi connectivity index (χ2n) is 9.53. The highest BCUT2D eigenvalue weighted by molar-refractivity contribution is 7.99. The maximum atomic E-state index is 12.3. The molecule has 0 saturated carbocycles. The van der Waals surface area contributed by atoms with Crippen molar-refractivity contribution in [3.05, 3.63) is 72.3 Å². The number of aliphatic hydroxyl groups is 1. The first-order valence-electron chi connectivity index (χ1n) is 13.9. The summed E-state index contributed by atoms with van der Waals surface area (Å²) in [5.74, 6) is -6.00. The lowest BCUT2D eigenvalue weighted by Gasteiger charge is -2.37. The fourth-order valence-corrected chi connectivity index (χ4v) is 5.42. The number of carbonyl (C=O) groups is 5. The van der Waals surface area contributed by atoms with Crippen LogP contribution >= 0.6 is 11.8 Å². The lowest BCUT2D eigenvalue weighted by atomic mass is 10.1. The summed E-state index contributed by atoms with van der Waals surface area (Å²) in [5, 5.41) is 46.8. The van der Waals surface area contributed by atoms with Gasteiger partial charge in [-0.05, 0) is 48.6 Å². The zero-order valence-electron chi connectivity index (χ0n) is 28.6. The zero-order valence-corrected chi connectivity index (χ0v) is 25.4. The van der Waals surface area contributed by atoms with E-state index in [0.717, 1.165) is 57.1 Å².